The Balaban J connectivity index is 0.000000216. The van der Waals surface area contributed by atoms with Crippen LogP contribution in [0.5, 0.6) is 5.75 Å². The van der Waals surface area contributed by atoms with Crippen LogP contribution in [0.15, 0.2) is 135 Å². The van der Waals surface area contributed by atoms with E-state index in [2.05, 4.69) is 48.5 Å². The zero-order valence-corrected chi connectivity index (χ0v) is 25.7. The van der Waals surface area contributed by atoms with Crippen LogP contribution in [0.2, 0.25) is 0 Å². The molecule has 2 aliphatic rings. The first-order chi connectivity index (χ1) is 19.7. The topological polar surface area (TPSA) is 60.4 Å². The smallest absolute Gasteiger partial charge is 0.310 e. The molecule has 2 fully saturated rings. The fraction of sp³-hybridized carbons (Fsp3) is 0.265. The summed E-state index contributed by atoms with van der Waals surface area (Å²) in [6, 6.07) is 37.8. The van der Waals surface area contributed by atoms with Gasteiger partial charge in [-0.1, -0.05) is 92.0 Å². The Bertz CT molecular complexity index is 1520. The standard InChI is InChI=1S/C22H24O4S2.C12H10S/c1-21(2)16-12-13-22(21,20(23)14-16)15-28(24,25)26-17-8-10-19(11-9-17)27-18-6-4-3-5-7-18;1-3-7-11(8-4-1)13-12-9-5-2-6-10-12/h3-11,16H,12-15H2,1-2H3;1-10H. The zero-order valence-electron chi connectivity index (χ0n) is 23.2. The van der Waals surface area contributed by atoms with E-state index in [0.717, 1.165) is 16.2 Å². The molecule has 0 saturated heterocycles. The van der Waals surface area contributed by atoms with Crippen LogP contribution in [-0.2, 0) is 14.9 Å². The molecule has 2 bridgehead atoms. The van der Waals surface area contributed by atoms with Crippen molar-refractivity contribution < 1.29 is 17.4 Å². The molecule has 0 N–H and O–H groups in total. The van der Waals surface area contributed by atoms with E-state index in [1.165, 1.54) is 9.79 Å². The molecule has 0 amide bonds. The normalized spacial score (nSPS) is 20.7. The summed E-state index contributed by atoms with van der Waals surface area (Å²) >= 11 is 3.39. The number of carbonyl (C=O) groups is 1. The Kier molecular flexibility index (Phi) is 8.97. The number of hydrogen-bond donors (Lipinski definition) is 0. The summed E-state index contributed by atoms with van der Waals surface area (Å²) in [6.07, 6.45) is 2.05. The van der Waals surface area contributed by atoms with E-state index in [1.54, 1.807) is 35.7 Å². The van der Waals surface area contributed by atoms with Gasteiger partial charge in [-0.15, -0.1) is 0 Å². The average molecular weight is 603 g/mol. The molecule has 2 unspecified atom stereocenters. The predicted octanol–water partition coefficient (Wildman–Crippen LogP) is 8.78. The van der Waals surface area contributed by atoms with E-state index in [4.69, 9.17) is 4.18 Å². The maximum absolute atomic E-state index is 12.8. The van der Waals surface area contributed by atoms with Gasteiger partial charge < -0.3 is 4.18 Å². The van der Waals surface area contributed by atoms with Crippen LogP contribution >= 0.6 is 23.5 Å². The minimum absolute atomic E-state index is 0.0792. The van der Waals surface area contributed by atoms with Gasteiger partial charge in [0.25, 0.3) is 0 Å². The van der Waals surface area contributed by atoms with E-state index in [-0.39, 0.29) is 28.6 Å². The van der Waals surface area contributed by atoms with Gasteiger partial charge in [0.1, 0.15) is 11.5 Å². The first-order valence-electron chi connectivity index (χ1n) is 13.7. The first-order valence-corrected chi connectivity index (χ1v) is 16.9. The molecule has 41 heavy (non-hydrogen) atoms. The number of rotatable bonds is 8. The van der Waals surface area contributed by atoms with E-state index < -0.39 is 15.5 Å². The number of benzene rings is 4. The van der Waals surface area contributed by atoms with E-state index in [9.17, 15) is 13.2 Å². The molecule has 2 saturated carbocycles. The molecular weight excluding hydrogens is 569 g/mol. The monoisotopic (exact) mass is 602 g/mol. The van der Waals surface area contributed by atoms with Crippen LogP contribution in [0.1, 0.15) is 33.1 Å². The van der Waals surface area contributed by atoms with Crippen molar-refractivity contribution in [2.24, 2.45) is 16.7 Å². The van der Waals surface area contributed by atoms with Crippen LogP contribution in [-0.4, -0.2) is 20.0 Å². The Labute approximate surface area is 252 Å². The Hall–Kier alpha value is -3.00. The van der Waals surface area contributed by atoms with Crippen LogP contribution < -0.4 is 4.18 Å². The van der Waals surface area contributed by atoms with Gasteiger partial charge in [-0.05, 0) is 84.8 Å². The third kappa shape index (κ3) is 6.91. The summed E-state index contributed by atoms with van der Waals surface area (Å²) in [5.74, 6) is 0.412. The Morgan fingerprint density at radius 2 is 1.15 bits per heavy atom. The lowest BCUT2D eigenvalue weighted by Gasteiger charge is -2.35. The maximum atomic E-state index is 12.8. The predicted molar refractivity (Wildman–Crippen MR) is 167 cm³/mol. The quantitative estimate of drug-likeness (QED) is 0.188. The summed E-state index contributed by atoms with van der Waals surface area (Å²) in [5, 5.41) is 0. The van der Waals surface area contributed by atoms with Crippen LogP contribution in [0.3, 0.4) is 0 Å². The van der Waals surface area contributed by atoms with Gasteiger partial charge in [0.05, 0.1) is 11.2 Å². The second-order valence-corrected chi connectivity index (χ2v) is 14.9. The number of hydrogen-bond acceptors (Lipinski definition) is 6. The summed E-state index contributed by atoms with van der Waals surface area (Å²) < 4.78 is 30.9. The van der Waals surface area contributed by atoms with Crippen molar-refractivity contribution in [2.45, 2.75) is 52.7 Å². The largest absolute Gasteiger partial charge is 0.382 e. The summed E-state index contributed by atoms with van der Waals surface area (Å²) in [7, 11) is -3.87. The molecule has 2 atom stereocenters. The Morgan fingerprint density at radius 1 is 0.707 bits per heavy atom. The summed E-state index contributed by atoms with van der Waals surface area (Å²) in [5.41, 5.74) is -1.10. The molecule has 4 aromatic rings. The van der Waals surface area contributed by atoms with Crippen molar-refractivity contribution in [2.75, 3.05) is 5.75 Å². The van der Waals surface area contributed by atoms with Gasteiger partial charge in [-0.3, -0.25) is 4.79 Å². The number of Topliss-reactive ketones (excluding diaryl/α,β-unsaturated/α-hetero) is 1. The molecule has 0 aromatic heterocycles. The molecule has 0 aliphatic heterocycles. The molecule has 0 heterocycles. The second kappa shape index (κ2) is 12.5. The number of ketones is 1. The van der Waals surface area contributed by atoms with Crippen molar-refractivity contribution in [1.82, 2.24) is 0 Å². The molecule has 4 aromatic carbocycles. The summed E-state index contributed by atoms with van der Waals surface area (Å²) in [4.78, 5) is 17.3. The van der Waals surface area contributed by atoms with E-state index >= 15 is 0 Å². The van der Waals surface area contributed by atoms with Crippen molar-refractivity contribution >= 4 is 39.4 Å². The lowest BCUT2D eigenvalue weighted by Crippen LogP contribution is -2.43. The molecule has 212 valence electrons. The number of carbonyl (C=O) groups excluding carboxylic acids is 1. The first kappa shape index (κ1) is 29.5. The van der Waals surface area contributed by atoms with E-state index in [0.29, 0.717) is 12.8 Å². The molecule has 0 radical (unpaired) electrons. The van der Waals surface area contributed by atoms with Gasteiger partial charge in [-0.25, -0.2) is 0 Å². The van der Waals surface area contributed by atoms with Gasteiger partial charge in [-0.2, -0.15) is 8.42 Å². The van der Waals surface area contributed by atoms with E-state index in [1.807, 2.05) is 68.4 Å². The lowest BCUT2D eigenvalue weighted by atomic mass is 9.70. The highest BCUT2D eigenvalue weighted by molar-refractivity contribution is 7.99. The third-order valence-corrected chi connectivity index (χ3v) is 11.6. The minimum atomic E-state index is -3.87. The van der Waals surface area contributed by atoms with Crippen molar-refractivity contribution in [1.29, 1.82) is 0 Å². The fourth-order valence-corrected chi connectivity index (χ4v) is 9.33. The van der Waals surface area contributed by atoms with Crippen LogP contribution in [0.4, 0.5) is 0 Å². The molecule has 7 heteroatoms. The molecule has 2 aliphatic carbocycles. The van der Waals surface area contributed by atoms with Gasteiger partial charge in [0, 0.05) is 26.0 Å². The average Bonchev–Trinajstić information content (AvgIpc) is 3.30. The third-order valence-electron chi connectivity index (χ3n) is 8.31. The lowest BCUT2D eigenvalue weighted by molar-refractivity contribution is -0.128. The van der Waals surface area contributed by atoms with Crippen molar-refractivity contribution in [3.8, 4) is 5.75 Å². The fourth-order valence-electron chi connectivity index (χ4n) is 5.89. The SMILES string of the molecule is CC1(C)C2CCC1(CS(=O)(=O)Oc1ccc(Sc3ccccc3)cc1)C(=O)C2.c1ccc(Sc2ccccc2)cc1. The molecule has 4 nitrogen and oxygen atoms in total. The van der Waals surface area contributed by atoms with Gasteiger partial charge >= 0.3 is 10.1 Å². The zero-order chi connectivity index (χ0) is 28.9. The minimum Gasteiger partial charge on any atom is -0.382 e. The summed E-state index contributed by atoms with van der Waals surface area (Å²) in [6.45, 7) is 4.06. The molecular formula is C34H34O4S3. The number of fused-ring (bicyclic) bond motifs is 2. The highest BCUT2D eigenvalue weighted by atomic mass is 32.2. The van der Waals surface area contributed by atoms with Crippen molar-refractivity contribution in [3.63, 3.8) is 0 Å². The highest BCUT2D eigenvalue weighted by Crippen LogP contribution is 2.64. The van der Waals surface area contributed by atoms with Crippen LogP contribution in [0, 0.1) is 16.7 Å². The van der Waals surface area contributed by atoms with Gasteiger partial charge in [0.2, 0.25) is 0 Å². The Morgan fingerprint density at radius 3 is 1.54 bits per heavy atom. The van der Waals surface area contributed by atoms with Crippen LogP contribution in [0.25, 0.3) is 0 Å². The molecule has 0 spiro atoms. The maximum Gasteiger partial charge on any atom is 0.310 e. The van der Waals surface area contributed by atoms with Gasteiger partial charge in [0.15, 0.2) is 0 Å². The second-order valence-electron chi connectivity index (χ2n) is 11.1. The van der Waals surface area contributed by atoms with Crippen molar-refractivity contribution in [3.05, 3.63) is 115 Å². The highest BCUT2D eigenvalue weighted by Gasteiger charge is 2.65. The molecule has 6 rings (SSSR count).